The fraction of sp³-hybridized carbons (Fsp3) is 0.346. The number of likely N-dealkylation sites (tertiary alicyclic amines) is 1. The van der Waals surface area contributed by atoms with Crippen LogP contribution in [0.3, 0.4) is 0 Å². The van der Waals surface area contributed by atoms with E-state index in [4.69, 9.17) is 0 Å². The number of urea groups is 1. The van der Waals surface area contributed by atoms with Gasteiger partial charge in [0.2, 0.25) is 5.91 Å². The first-order chi connectivity index (χ1) is 16.5. The van der Waals surface area contributed by atoms with Gasteiger partial charge in [-0.25, -0.2) is 4.79 Å². The molecule has 3 N–H and O–H groups in total. The molecule has 8 heteroatoms. The smallest absolute Gasteiger partial charge is 0.319 e. The predicted molar refractivity (Wildman–Crippen MR) is 139 cm³/mol. The number of halogens is 1. The Morgan fingerprint density at radius 2 is 1.91 bits per heavy atom. The maximum absolute atomic E-state index is 12.7. The Bertz CT molecular complexity index is 1150. The number of amides is 3. The molecule has 4 rings (SSSR count). The topological polar surface area (TPSA) is 86.4 Å². The lowest BCUT2D eigenvalue weighted by Crippen LogP contribution is -2.45. The minimum atomic E-state index is -0.239. The van der Waals surface area contributed by atoms with E-state index >= 15 is 0 Å². The molecule has 0 aliphatic carbocycles. The molecule has 7 nitrogen and oxygen atoms in total. The van der Waals surface area contributed by atoms with Crippen LogP contribution >= 0.6 is 15.9 Å². The van der Waals surface area contributed by atoms with E-state index in [0.717, 1.165) is 51.7 Å². The summed E-state index contributed by atoms with van der Waals surface area (Å²) in [5.74, 6) is 0.0717. The average molecular weight is 524 g/mol. The number of carbonyl (C=O) groups is 2. The van der Waals surface area contributed by atoms with Crippen molar-refractivity contribution < 1.29 is 9.59 Å². The van der Waals surface area contributed by atoms with Crippen LogP contribution < -0.4 is 16.0 Å². The summed E-state index contributed by atoms with van der Waals surface area (Å²) in [7, 11) is 0. The van der Waals surface area contributed by atoms with Crippen LogP contribution in [0.4, 0.5) is 10.5 Å². The quantitative estimate of drug-likeness (QED) is 0.426. The lowest BCUT2D eigenvalue weighted by atomic mass is 9.97. The first-order valence-electron chi connectivity index (χ1n) is 11.6. The van der Waals surface area contributed by atoms with Crippen LogP contribution in [0.25, 0.3) is 10.9 Å². The molecule has 1 aliphatic rings. The highest BCUT2D eigenvalue weighted by Gasteiger charge is 2.25. The number of fused-ring (bicyclic) bond motifs is 1. The Hall–Kier alpha value is -2.97. The van der Waals surface area contributed by atoms with Gasteiger partial charge in [-0.15, -0.1) is 0 Å². The second-order valence-electron chi connectivity index (χ2n) is 8.69. The molecular weight excluding hydrogens is 494 g/mol. The van der Waals surface area contributed by atoms with Crippen molar-refractivity contribution >= 4 is 44.5 Å². The number of nitrogens with zero attached hydrogens (tertiary/aromatic N) is 2. The molecule has 2 aromatic carbocycles. The zero-order valence-electron chi connectivity index (χ0n) is 19.3. The van der Waals surface area contributed by atoms with Gasteiger partial charge in [0.05, 0.1) is 17.1 Å². The minimum absolute atomic E-state index is 0.0239. The number of anilines is 1. The van der Waals surface area contributed by atoms with Gasteiger partial charge in [0.15, 0.2) is 0 Å². The van der Waals surface area contributed by atoms with Crippen molar-refractivity contribution in [1.82, 2.24) is 20.5 Å². The van der Waals surface area contributed by atoms with Crippen LogP contribution in [-0.2, 0) is 11.3 Å². The summed E-state index contributed by atoms with van der Waals surface area (Å²) in [5, 5.41) is 9.87. The summed E-state index contributed by atoms with van der Waals surface area (Å²) in [6, 6.07) is 17.4. The van der Waals surface area contributed by atoms with Crippen molar-refractivity contribution in [2.75, 3.05) is 31.5 Å². The number of aromatic nitrogens is 1. The Kier molecular flexibility index (Phi) is 8.13. The summed E-state index contributed by atoms with van der Waals surface area (Å²) < 4.78 is 1.03. The number of para-hydroxylation sites is 1. The average Bonchev–Trinajstić information content (AvgIpc) is 2.83. The summed E-state index contributed by atoms with van der Waals surface area (Å²) >= 11 is 3.43. The second kappa shape index (κ2) is 11.4. The highest BCUT2D eigenvalue weighted by molar-refractivity contribution is 9.10. The number of nitrogens with one attached hydrogen (secondary N) is 3. The maximum atomic E-state index is 12.7. The van der Waals surface area contributed by atoms with Crippen molar-refractivity contribution in [3.8, 4) is 0 Å². The molecule has 1 saturated heterocycles. The van der Waals surface area contributed by atoms with Crippen LogP contribution in [0.2, 0.25) is 0 Å². The Morgan fingerprint density at radius 3 is 2.74 bits per heavy atom. The molecule has 1 atom stereocenters. The number of carbonyl (C=O) groups excluding carboxylic acids is 2. The molecular formula is C26H30BrN5O2. The fourth-order valence-electron chi connectivity index (χ4n) is 4.31. The first-order valence-corrected chi connectivity index (χ1v) is 12.4. The standard InChI is InChI=1S/C26H30BrN5O2/c1-18-15-24(22-6-2-3-7-23(22)30-18)31-26(34)28-12-14-32-13-4-5-20(17-32)25(33)29-16-19-8-10-21(27)11-9-19/h2-3,6-11,15,20H,4-5,12-14,16-17H2,1H3,(H,29,33)(H2,28,30,31,34). The summed E-state index contributed by atoms with van der Waals surface area (Å²) in [5.41, 5.74) is 3.54. The normalized spacial score (nSPS) is 16.2. The minimum Gasteiger partial charge on any atom is -0.352 e. The van der Waals surface area contributed by atoms with E-state index in [1.54, 1.807) is 0 Å². The summed E-state index contributed by atoms with van der Waals surface area (Å²) in [6.45, 7) is 5.32. The SMILES string of the molecule is Cc1cc(NC(=O)NCCN2CCCC(C(=O)NCc3ccc(Br)cc3)C2)c2ccccc2n1. The molecule has 0 radical (unpaired) electrons. The third-order valence-electron chi connectivity index (χ3n) is 6.06. The zero-order valence-corrected chi connectivity index (χ0v) is 20.9. The van der Waals surface area contributed by atoms with Crippen LogP contribution in [0.1, 0.15) is 24.1 Å². The van der Waals surface area contributed by atoms with Crippen molar-refractivity contribution in [3.63, 3.8) is 0 Å². The van der Waals surface area contributed by atoms with Gasteiger partial charge in [0, 0.05) is 41.7 Å². The number of aryl methyl sites for hydroxylation is 1. The summed E-state index contributed by atoms with van der Waals surface area (Å²) in [4.78, 5) is 31.9. The molecule has 178 valence electrons. The van der Waals surface area contributed by atoms with Gasteiger partial charge in [0.1, 0.15) is 0 Å². The molecule has 1 unspecified atom stereocenters. The molecule has 3 amide bonds. The Labute approximate surface area is 208 Å². The van der Waals surface area contributed by atoms with E-state index < -0.39 is 0 Å². The number of piperidine rings is 1. The van der Waals surface area contributed by atoms with Gasteiger partial charge in [-0.05, 0) is 56.1 Å². The second-order valence-corrected chi connectivity index (χ2v) is 9.61. The zero-order chi connectivity index (χ0) is 23.9. The van der Waals surface area contributed by atoms with Gasteiger partial charge >= 0.3 is 6.03 Å². The number of hydrogen-bond donors (Lipinski definition) is 3. The largest absolute Gasteiger partial charge is 0.352 e. The lowest BCUT2D eigenvalue weighted by Gasteiger charge is -2.32. The molecule has 0 spiro atoms. The predicted octanol–water partition coefficient (Wildman–Crippen LogP) is 4.46. The van der Waals surface area contributed by atoms with Gasteiger partial charge in [-0.1, -0.05) is 46.3 Å². The van der Waals surface area contributed by atoms with Gasteiger partial charge in [-0.3, -0.25) is 9.78 Å². The number of rotatable bonds is 7. The fourth-order valence-corrected chi connectivity index (χ4v) is 4.58. The van der Waals surface area contributed by atoms with Crippen molar-refractivity contribution in [3.05, 3.63) is 70.3 Å². The van der Waals surface area contributed by atoms with E-state index in [2.05, 4.69) is 41.8 Å². The van der Waals surface area contributed by atoms with Crippen LogP contribution in [0, 0.1) is 12.8 Å². The molecule has 34 heavy (non-hydrogen) atoms. The van der Waals surface area contributed by atoms with Crippen LogP contribution in [-0.4, -0.2) is 48.0 Å². The van der Waals surface area contributed by atoms with E-state index in [-0.39, 0.29) is 17.9 Å². The molecule has 1 aliphatic heterocycles. The molecule has 0 saturated carbocycles. The molecule has 2 heterocycles. The van der Waals surface area contributed by atoms with Crippen molar-refractivity contribution in [2.24, 2.45) is 5.92 Å². The van der Waals surface area contributed by atoms with Gasteiger partial charge < -0.3 is 20.9 Å². The lowest BCUT2D eigenvalue weighted by molar-refractivity contribution is -0.126. The Morgan fingerprint density at radius 1 is 1.12 bits per heavy atom. The van der Waals surface area contributed by atoms with E-state index in [0.29, 0.717) is 26.2 Å². The maximum Gasteiger partial charge on any atom is 0.319 e. The molecule has 1 fully saturated rings. The Balaban J connectivity index is 1.22. The molecule has 0 bridgehead atoms. The van der Waals surface area contributed by atoms with E-state index in [1.807, 2.05) is 61.5 Å². The molecule has 1 aromatic heterocycles. The number of hydrogen-bond acceptors (Lipinski definition) is 4. The van der Waals surface area contributed by atoms with Crippen molar-refractivity contribution in [2.45, 2.75) is 26.3 Å². The van der Waals surface area contributed by atoms with Crippen LogP contribution in [0.15, 0.2) is 59.1 Å². The summed E-state index contributed by atoms with van der Waals surface area (Å²) in [6.07, 6.45) is 1.87. The monoisotopic (exact) mass is 523 g/mol. The number of pyridine rings is 1. The third kappa shape index (κ3) is 6.55. The third-order valence-corrected chi connectivity index (χ3v) is 6.59. The van der Waals surface area contributed by atoms with E-state index in [9.17, 15) is 9.59 Å². The van der Waals surface area contributed by atoms with E-state index in [1.165, 1.54) is 0 Å². The van der Waals surface area contributed by atoms with Gasteiger partial charge in [0.25, 0.3) is 0 Å². The highest BCUT2D eigenvalue weighted by Crippen LogP contribution is 2.23. The first kappa shape index (κ1) is 24.2. The van der Waals surface area contributed by atoms with Gasteiger partial charge in [-0.2, -0.15) is 0 Å². The van der Waals surface area contributed by atoms with Crippen LogP contribution in [0.5, 0.6) is 0 Å². The van der Waals surface area contributed by atoms with Crippen molar-refractivity contribution in [1.29, 1.82) is 0 Å². The highest BCUT2D eigenvalue weighted by atomic mass is 79.9. The molecule has 3 aromatic rings. The number of benzene rings is 2.